The molecule has 0 unspecified atom stereocenters. The average Bonchev–Trinajstić information content (AvgIpc) is 3.59. The highest BCUT2D eigenvalue weighted by Gasteiger charge is 2.39. The van der Waals surface area contributed by atoms with Gasteiger partial charge in [-0.15, -0.1) is 0 Å². The van der Waals surface area contributed by atoms with Gasteiger partial charge in [-0.2, -0.15) is 11.8 Å². The molecule has 0 spiro atoms. The maximum absolute atomic E-state index is 14.1. The molecule has 1 heterocycles. The van der Waals surface area contributed by atoms with E-state index in [4.69, 9.17) is 10.8 Å². The van der Waals surface area contributed by atoms with E-state index < -0.39 is 72.3 Å². The van der Waals surface area contributed by atoms with Crippen molar-refractivity contribution < 1.29 is 39.0 Å². The first-order valence-corrected chi connectivity index (χ1v) is 18.5. The molecule has 5 atom stereocenters. The average molecular weight is 727 g/mol. The summed E-state index contributed by atoms with van der Waals surface area (Å²) in [7, 11) is 0. The molecule has 0 aliphatic carbocycles. The van der Waals surface area contributed by atoms with Gasteiger partial charge in [0.2, 0.25) is 29.5 Å². The largest absolute Gasteiger partial charge is 0.508 e. The second-order valence-corrected chi connectivity index (χ2v) is 14.0. The Kier molecular flexibility index (Phi) is 16.2. The van der Waals surface area contributed by atoms with Crippen molar-refractivity contribution in [1.29, 1.82) is 0 Å². The number of hydrogen-bond donors (Lipinski definition) is 7. The molecule has 8 N–H and O–H groups in total. The molecule has 0 saturated carbocycles. The van der Waals surface area contributed by atoms with E-state index in [0.717, 1.165) is 5.56 Å². The number of carbonyl (C=O) groups excluding carboxylic acids is 5. The van der Waals surface area contributed by atoms with Crippen LogP contribution in [0.3, 0.4) is 0 Å². The number of nitrogens with one attached hydrogen (secondary N) is 4. The van der Waals surface area contributed by atoms with E-state index in [9.17, 15) is 33.9 Å². The first-order valence-electron chi connectivity index (χ1n) is 17.1. The van der Waals surface area contributed by atoms with E-state index in [2.05, 4.69) is 21.3 Å². The lowest BCUT2D eigenvalue weighted by Crippen LogP contribution is -2.59. The number of likely N-dealkylation sites (tertiary alicyclic amines) is 1. The predicted octanol–water partition coefficient (Wildman–Crippen LogP) is 0.950. The summed E-state index contributed by atoms with van der Waals surface area (Å²) in [6.07, 6.45) is 3.51. The molecule has 3 rings (SSSR count). The summed E-state index contributed by atoms with van der Waals surface area (Å²) in [6.45, 7) is 3.42. The zero-order chi connectivity index (χ0) is 37.5. The Hall–Kier alpha value is -4.63. The molecule has 14 nitrogen and oxygen atoms in total. The number of aliphatic carboxylic acids is 1. The topological polar surface area (TPSA) is 220 Å². The van der Waals surface area contributed by atoms with Crippen LogP contribution in [0.2, 0.25) is 0 Å². The van der Waals surface area contributed by atoms with Crippen molar-refractivity contribution in [2.75, 3.05) is 25.1 Å². The summed E-state index contributed by atoms with van der Waals surface area (Å²) in [6, 6.07) is 10.1. The number of aromatic hydroxyl groups is 1. The van der Waals surface area contributed by atoms with Gasteiger partial charge in [0.05, 0.1) is 6.04 Å². The second kappa shape index (κ2) is 20.3. The van der Waals surface area contributed by atoms with E-state index >= 15 is 0 Å². The molecular formula is C36H50N6O8S. The van der Waals surface area contributed by atoms with Crippen LogP contribution in [0, 0.1) is 5.92 Å². The highest BCUT2D eigenvalue weighted by atomic mass is 32.2. The highest BCUT2D eigenvalue weighted by molar-refractivity contribution is 7.98. The predicted molar refractivity (Wildman–Crippen MR) is 194 cm³/mol. The van der Waals surface area contributed by atoms with Crippen molar-refractivity contribution in [1.82, 2.24) is 26.2 Å². The zero-order valence-corrected chi connectivity index (χ0v) is 30.1. The van der Waals surface area contributed by atoms with Gasteiger partial charge in [-0.05, 0) is 66.9 Å². The smallest absolute Gasteiger partial charge is 0.322 e. The molecule has 278 valence electrons. The van der Waals surface area contributed by atoms with E-state index in [1.54, 1.807) is 23.9 Å². The van der Waals surface area contributed by atoms with Gasteiger partial charge in [-0.25, -0.2) is 0 Å². The monoisotopic (exact) mass is 726 g/mol. The van der Waals surface area contributed by atoms with Gasteiger partial charge in [-0.1, -0.05) is 56.3 Å². The molecule has 5 amide bonds. The lowest BCUT2D eigenvalue weighted by Gasteiger charge is -2.31. The Labute approximate surface area is 302 Å². The van der Waals surface area contributed by atoms with Crippen molar-refractivity contribution in [2.45, 2.75) is 82.6 Å². The number of rotatable bonds is 19. The fourth-order valence-corrected chi connectivity index (χ4v) is 6.30. The lowest BCUT2D eigenvalue weighted by atomic mass is 9.99. The number of hydrogen-bond acceptors (Lipinski definition) is 9. The fraction of sp³-hybridized carbons (Fsp3) is 0.500. The minimum Gasteiger partial charge on any atom is -0.508 e. The number of carboxylic acids is 1. The molecule has 2 aromatic carbocycles. The number of phenolic OH excluding ortho intramolecular Hbond substituents is 1. The van der Waals surface area contributed by atoms with Gasteiger partial charge in [0.25, 0.3) is 0 Å². The molecule has 1 fully saturated rings. The number of thioether (sulfide) groups is 1. The molecule has 2 aromatic rings. The van der Waals surface area contributed by atoms with Gasteiger partial charge in [0, 0.05) is 19.4 Å². The quantitative estimate of drug-likeness (QED) is 0.109. The van der Waals surface area contributed by atoms with Crippen LogP contribution in [0.5, 0.6) is 5.75 Å². The molecule has 15 heteroatoms. The molecule has 1 saturated heterocycles. The van der Waals surface area contributed by atoms with Crippen molar-refractivity contribution >= 4 is 47.3 Å². The van der Waals surface area contributed by atoms with Crippen LogP contribution in [0.25, 0.3) is 0 Å². The number of amides is 5. The third-order valence-electron chi connectivity index (χ3n) is 8.47. The number of phenols is 1. The van der Waals surface area contributed by atoms with Crippen LogP contribution < -0.4 is 27.0 Å². The van der Waals surface area contributed by atoms with Gasteiger partial charge >= 0.3 is 5.97 Å². The van der Waals surface area contributed by atoms with Crippen LogP contribution >= 0.6 is 11.8 Å². The zero-order valence-electron chi connectivity index (χ0n) is 29.3. The van der Waals surface area contributed by atoms with Gasteiger partial charge in [0.15, 0.2) is 0 Å². The molecular weight excluding hydrogens is 676 g/mol. The van der Waals surface area contributed by atoms with Crippen molar-refractivity contribution in [2.24, 2.45) is 11.7 Å². The van der Waals surface area contributed by atoms with Gasteiger partial charge in [0.1, 0.15) is 36.5 Å². The second-order valence-electron chi connectivity index (χ2n) is 13.1. The van der Waals surface area contributed by atoms with Crippen molar-refractivity contribution in [3.05, 3.63) is 65.7 Å². The van der Waals surface area contributed by atoms with Gasteiger partial charge in [-0.3, -0.25) is 28.8 Å². The minimum absolute atomic E-state index is 0.0103. The summed E-state index contributed by atoms with van der Waals surface area (Å²) < 4.78 is 0. The normalized spacial score (nSPS) is 16.4. The Bertz CT molecular complexity index is 1490. The number of nitrogens with zero attached hydrogens (tertiary/aromatic N) is 1. The summed E-state index contributed by atoms with van der Waals surface area (Å²) in [5.41, 5.74) is 7.49. The maximum atomic E-state index is 14.1. The number of carbonyl (C=O) groups is 6. The third-order valence-corrected chi connectivity index (χ3v) is 9.11. The van der Waals surface area contributed by atoms with Crippen LogP contribution in [0.4, 0.5) is 0 Å². The first kappa shape index (κ1) is 40.8. The highest BCUT2D eigenvalue weighted by Crippen LogP contribution is 2.21. The van der Waals surface area contributed by atoms with E-state index in [-0.39, 0.29) is 37.5 Å². The standard InChI is InChI=1S/C36H50N6O8S/c1-22(2)18-29(36(50)42-16-7-10-30(42)35(49)38-21-31(44)45)41-34(48)28(20-24-11-13-25(43)14-12-24)40-33(47)27(19-23-8-5-4-6-9-23)39-32(46)26(37)15-17-51-3/h4-6,8-9,11-14,22,26-30,43H,7,10,15-21,37H2,1-3H3,(H,38,49)(H,39,46)(H,40,47)(H,41,48)(H,44,45)/t26-,27-,28-,29-,30-/m0/s1. The molecule has 0 bridgehead atoms. The Balaban J connectivity index is 1.88. The first-order chi connectivity index (χ1) is 24.3. The minimum atomic E-state index is -1.21. The molecule has 1 aliphatic rings. The van der Waals surface area contributed by atoms with Crippen LogP contribution in [0.15, 0.2) is 54.6 Å². The summed E-state index contributed by atoms with van der Waals surface area (Å²) in [5.74, 6) is -3.48. The van der Waals surface area contributed by atoms with Gasteiger partial charge < -0.3 is 42.1 Å². The third kappa shape index (κ3) is 13.2. The molecule has 0 aromatic heterocycles. The molecule has 51 heavy (non-hydrogen) atoms. The summed E-state index contributed by atoms with van der Waals surface area (Å²) >= 11 is 1.54. The molecule has 0 radical (unpaired) electrons. The number of benzene rings is 2. The Morgan fingerprint density at radius 2 is 1.43 bits per heavy atom. The maximum Gasteiger partial charge on any atom is 0.322 e. The SMILES string of the molecule is CSCC[C@H](N)C(=O)N[C@@H](Cc1ccccc1)C(=O)N[C@@H](Cc1ccc(O)cc1)C(=O)N[C@@H](CC(C)C)C(=O)N1CCC[C@H]1C(=O)NCC(=O)O. The van der Waals surface area contributed by atoms with Crippen LogP contribution in [-0.2, 0) is 41.6 Å². The summed E-state index contributed by atoms with van der Waals surface area (Å²) in [5, 5.41) is 29.5. The number of nitrogens with two attached hydrogens (primary N) is 1. The van der Waals surface area contributed by atoms with E-state index in [0.29, 0.717) is 30.6 Å². The summed E-state index contributed by atoms with van der Waals surface area (Å²) in [4.78, 5) is 80.2. The van der Waals surface area contributed by atoms with Crippen molar-refractivity contribution in [3.8, 4) is 5.75 Å². The van der Waals surface area contributed by atoms with Crippen molar-refractivity contribution in [3.63, 3.8) is 0 Å². The fourth-order valence-electron chi connectivity index (χ4n) is 5.81. The van der Waals surface area contributed by atoms with Crippen LogP contribution in [-0.4, -0.2) is 106 Å². The van der Waals surface area contributed by atoms with E-state index in [1.165, 1.54) is 17.0 Å². The van der Waals surface area contributed by atoms with E-state index in [1.807, 2.05) is 50.4 Å². The Morgan fingerprint density at radius 1 is 0.863 bits per heavy atom. The Morgan fingerprint density at radius 3 is 2.00 bits per heavy atom. The molecule has 1 aliphatic heterocycles. The lowest BCUT2D eigenvalue weighted by molar-refractivity contribution is -0.143. The van der Waals surface area contributed by atoms with Crippen LogP contribution in [0.1, 0.15) is 50.7 Å². The number of carboxylic acid groups (broad SMARTS) is 1.